The van der Waals surface area contributed by atoms with Crippen LogP contribution in [0.5, 0.6) is 0 Å². The number of fused-ring (bicyclic) bond motifs is 1. The minimum atomic E-state index is 0. The molecule has 0 atom stereocenters. The van der Waals surface area contributed by atoms with E-state index in [0.717, 1.165) is 16.9 Å². The molecule has 0 bridgehead atoms. The molecule has 0 N–H and O–H groups in total. The second-order valence-corrected chi connectivity index (χ2v) is 6.32. The standard InChI is InChI=1S/C14H12N2.C11H8N.Ir/c1-15-11-16(12-7-3-2-4-8-12)14-10-6-5-9-13(14)15;1-2-6-10(7-3-1)11-8-4-5-9-12-11;/h2-7,9-11H,1H3;1-6,8-9H;/q-2;-1;+3. The minimum absolute atomic E-state index is 0. The van der Waals surface area contributed by atoms with Crippen LogP contribution in [0.15, 0.2) is 97.2 Å². The number of para-hydroxylation sites is 3. The Labute approximate surface area is 186 Å². The number of benzene rings is 3. The molecule has 0 aliphatic carbocycles. The normalized spacial score (nSPS) is 11.8. The maximum Gasteiger partial charge on any atom is 3.00 e. The van der Waals surface area contributed by atoms with Crippen LogP contribution in [0.25, 0.3) is 11.3 Å². The number of pyridine rings is 1. The van der Waals surface area contributed by atoms with Gasteiger partial charge in [0.05, 0.1) is 0 Å². The predicted molar refractivity (Wildman–Crippen MR) is 115 cm³/mol. The van der Waals surface area contributed by atoms with Crippen molar-refractivity contribution < 1.29 is 20.1 Å². The van der Waals surface area contributed by atoms with Crippen LogP contribution in [0.1, 0.15) is 0 Å². The molecule has 29 heavy (non-hydrogen) atoms. The average Bonchev–Trinajstić information content (AvgIpc) is 3.13. The molecule has 0 radical (unpaired) electrons. The fourth-order valence-corrected chi connectivity index (χ4v) is 3.06. The first-order valence-corrected chi connectivity index (χ1v) is 9.14. The van der Waals surface area contributed by atoms with Crippen molar-refractivity contribution in [3.05, 3.63) is 116 Å². The number of aromatic nitrogens is 1. The molecule has 0 unspecified atom stereocenters. The minimum Gasteiger partial charge on any atom is -0.504 e. The Morgan fingerprint density at radius 1 is 0.759 bits per heavy atom. The summed E-state index contributed by atoms with van der Waals surface area (Å²) in [6.45, 7) is 2.08. The summed E-state index contributed by atoms with van der Waals surface area (Å²) in [6, 6.07) is 36.4. The summed E-state index contributed by atoms with van der Waals surface area (Å²) in [7, 11) is 2.06. The van der Waals surface area contributed by atoms with Crippen molar-refractivity contribution >= 4 is 17.1 Å². The Kier molecular flexibility index (Phi) is 7.18. The van der Waals surface area contributed by atoms with E-state index in [1.807, 2.05) is 60.7 Å². The quantitative estimate of drug-likeness (QED) is 0.295. The molecule has 0 spiro atoms. The van der Waals surface area contributed by atoms with Crippen molar-refractivity contribution in [2.45, 2.75) is 0 Å². The van der Waals surface area contributed by atoms with Crippen molar-refractivity contribution in [3.8, 4) is 11.3 Å². The summed E-state index contributed by atoms with van der Waals surface area (Å²) in [4.78, 5) is 8.49. The second kappa shape index (κ2) is 10.0. The van der Waals surface area contributed by atoms with E-state index >= 15 is 0 Å². The number of hydrogen-bond donors (Lipinski definition) is 0. The van der Waals surface area contributed by atoms with Crippen LogP contribution in [-0.4, -0.2) is 12.0 Å². The van der Waals surface area contributed by atoms with Gasteiger partial charge in [-0.05, 0) is 30.9 Å². The predicted octanol–water partition coefficient (Wildman–Crippen LogP) is 5.74. The van der Waals surface area contributed by atoms with Crippen LogP contribution in [0.3, 0.4) is 0 Å². The largest absolute Gasteiger partial charge is 3.00 e. The van der Waals surface area contributed by atoms with E-state index < -0.39 is 0 Å². The fraction of sp³-hybridized carbons (Fsp3) is 0.0400. The van der Waals surface area contributed by atoms with E-state index in [9.17, 15) is 0 Å². The third kappa shape index (κ3) is 4.92. The topological polar surface area (TPSA) is 19.4 Å². The van der Waals surface area contributed by atoms with Crippen LogP contribution in [0.2, 0.25) is 0 Å². The zero-order valence-corrected chi connectivity index (χ0v) is 18.4. The van der Waals surface area contributed by atoms with Gasteiger partial charge in [0.1, 0.15) is 0 Å². The molecule has 4 aromatic rings. The van der Waals surface area contributed by atoms with Crippen LogP contribution >= 0.6 is 0 Å². The molecule has 0 fully saturated rings. The summed E-state index contributed by atoms with van der Waals surface area (Å²) < 4.78 is 0. The van der Waals surface area contributed by atoms with Gasteiger partial charge in [0.25, 0.3) is 0 Å². The third-order valence-electron chi connectivity index (χ3n) is 4.41. The summed E-state index contributed by atoms with van der Waals surface area (Å²) >= 11 is 0. The first kappa shape index (κ1) is 20.8. The number of nitrogens with zero attached hydrogens (tertiary/aromatic N) is 3. The molecule has 3 nitrogen and oxygen atoms in total. The van der Waals surface area contributed by atoms with Crippen molar-refractivity contribution in [3.63, 3.8) is 0 Å². The molecular weight excluding hydrogens is 535 g/mol. The monoisotopic (exact) mass is 555 g/mol. The van der Waals surface area contributed by atoms with Crippen molar-refractivity contribution in [2.24, 2.45) is 0 Å². The summed E-state index contributed by atoms with van der Waals surface area (Å²) in [5.41, 5.74) is 5.50. The average molecular weight is 555 g/mol. The Morgan fingerprint density at radius 3 is 2.10 bits per heavy atom. The van der Waals surface area contributed by atoms with E-state index in [1.165, 1.54) is 11.4 Å². The van der Waals surface area contributed by atoms with Crippen LogP contribution in [0, 0.1) is 18.8 Å². The SMILES string of the molecule is CN1[CH-]N(c2[c-]cccc2)c2ccccc21.[Ir+3].[c-]1ccccc1-c1ccccn1. The van der Waals surface area contributed by atoms with E-state index in [2.05, 4.69) is 71.0 Å². The first-order valence-electron chi connectivity index (χ1n) is 9.14. The Bertz CT molecular complexity index is 970. The number of hydrogen-bond acceptors (Lipinski definition) is 3. The van der Waals surface area contributed by atoms with Gasteiger partial charge in [-0.15, -0.1) is 41.6 Å². The maximum absolute atomic E-state index is 4.22. The van der Waals surface area contributed by atoms with E-state index in [0.29, 0.717) is 0 Å². The molecule has 4 heteroatoms. The Balaban J connectivity index is 0.000000167. The van der Waals surface area contributed by atoms with Crippen LogP contribution in [0.4, 0.5) is 17.1 Å². The summed E-state index contributed by atoms with van der Waals surface area (Å²) in [5, 5.41) is 0. The van der Waals surface area contributed by atoms with Gasteiger partial charge < -0.3 is 14.8 Å². The molecular formula is C25H20IrN3. The van der Waals surface area contributed by atoms with Gasteiger partial charge in [0.2, 0.25) is 0 Å². The zero-order valence-electron chi connectivity index (χ0n) is 16.0. The van der Waals surface area contributed by atoms with Crippen molar-refractivity contribution in [1.82, 2.24) is 4.98 Å². The molecule has 1 aliphatic rings. The molecule has 0 saturated heterocycles. The smallest absolute Gasteiger partial charge is 0.504 e. The van der Waals surface area contributed by atoms with Crippen LogP contribution < -0.4 is 9.80 Å². The van der Waals surface area contributed by atoms with E-state index in [4.69, 9.17) is 0 Å². The van der Waals surface area contributed by atoms with E-state index in [-0.39, 0.29) is 20.1 Å². The van der Waals surface area contributed by atoms with Gasteiger partial charge in [-0.3, -0.25) is 0 Å². The summed E-state index contributed by atoms with van der Waals surface area (Å²) in [5.74, 6) is 0. The third-order valence-corrected chi connectivity index (χ3v) is 4.41. The van der Waals surface area contributed by atoms with Gasteiger partial charge in [0, 0.05) is 17.6 Å². The molecule has 0 saturated carbocycles. The second-order valence-electron chi connectivity index (χ2n) is 6.32. The van der Waals surface area contributed by atoms with Crippen molar-refractivity contribution in [2.75, 3.05) is 16.8 Å². The maximum atomic E-state index is 4.22. The fourth-order valence-electron chi connectivity index (χ4n) is 3.06. The van der Waals surface area contributed by atoms with Crippen LogP contribution in [-0.2, 0) is 20.1 Å². The van der Waals surface area contributed by atoms with Crippen molar-refractivity contribution in [1.29, 1.82) is 0 Å². The summed E-state index contributed by atoms with van der Waals surface area (Å²) in [6.07, 6.45) is 1.79. The van der Waals surface area contributed by atoms with Gasteiger partial charge in [-0.2, -0.15) is 37.0 Å². The molecule has 3 aromatic carbocycles. The molecule has 144 valence electrons. The molecule has 0 amide bonds. The first-order chi connectivity index (χ1) is 13.8. The number of rotatable bonds is 2. The van der Waals surface area contributed by atoms with Gasteiger partial charge in [-0.25, -0.2) is 0 Å². The molecule has 5 rings (SSSR count). The number of anilines is 3. The Morgan fingerprint density at radius 2 is 1.45 bits per heavy atom. The molecule has 1 aliphatic heterocycles. The Hall–Kier alpha value is -2.94. The molecule has 1 aromatic heterocycles. The van der Waals surface area contributed by atoms with E-state index in [1.54, 1.807) is 6.20 Å². The van der Waals surface area contributed by atoms with Gasteiger partial charge >= 0.3 is 20.1 Å². The van der Waals surface area contributed by atoms with Gasteiger partial charge in [-0.1, -0.05) is 24.3 Å². The zero-order chi connectivity index (χ0) is 19.2. The van der Waals surface area contributed by atoms with Gasteiger partial charge in [0.15, 0.2) is 0 Å². The molecule has 2 heterocycles.